The summed E-state index contributed by atoms with van der Waals surface area (Å²) in [6, 6.07) is 17.8. The minimum atomic E-state index is -1.35. The summed E-state index contributed by atoms with van der Waals surface area (Å²) in [5.74, 6) is 0. The van der Waals surface area contributed by atoms with Gasteiger partial charge < -0.3 is 14.6 Å². The second-order valence-corrected chi connectivity index (χ2v) is 6.18. The number of hydrogen-bond donors (Lipinski definition) is 1. The van der Waals surface area contributed by atoms with E-state index in [1.54, 1.807) is 0 Å². The van der Waals surface area contributed by atoms with Gasteiger partial charge in [0.05, 0.1) is 0 Å². The van der Waals surface area contributed by atoms with Crippen molar-refractivity contribution in [1.82, 2.24) is 0 Å². The third kappa shape index (κ3) is 4.69. The third-order valence-electron chi connectivity index (χ3n) is 4.40. The first-order chi connectivity index (χ1) is 12.2. The molecule has 0 saturated heterocycles. The van der Waals surface area contributed by atoms with E-state index in [4.69, 9.17) is 9.47 Å². The molecule has 0 saturated carbocycles. The molecule has 3 heteroatoms. The van der Waals surface area contributed by atoms with Crippen molar-refractivity contribution in [2.45, 2.75) is 51.9 Å². The smallest absolute Gasteiger partial charge is 0.194 e. The first-order valence-corrected chi connectivity index (χ1v) is 9.27. The van der Waals surface area contributed by atoms with Crippen molar-refractivity contribution in [1.29, 1.82) is 0 Å². The van der Waals surface area contributed by atoms with E-state index in [-0.39, 0.29) is 0 Å². The van der Waals surface area contributed by atoms with Gasteiger partial charge in [-0.2, -0.15) is 0 Å². The van der Waals surface area contributed by atoms with Crippen LogP contribution in [0.5, 0.6) is 0 Å². The molecule has 1 atom stereocenters. The molecule has 25 heavy (non-hydrogen) atoms. The average Bonchev–Trinajstić information content (AvgIpc) is 2.66. The molecule has 0 bridgehead atoms. The van der Waals surface area contributed by atoms with Gasteiger partial charge in [0.25, 0.3) is 0 Å². The highest BCUT2D eigenvalue weighted by molar-refractivity contribution is 5.38. The summed E-state index contributed by atoms with van der Waals surface area (Å²) in [7, 11) is 0. The van der Waals surface area contributed by atoms with Crippen LogP contribution in [0, 0.1) is 0 Å². The molecule has 0 aliphatic rings. The zero-order valence-electron chi connectivity index (χ0n) is 15.6. The van der Waals surface area contributed by atoms with Crippen LogP contribution >= 0.6 is 0 Å². The lowest BCUT2D eigenvalue weighted by molar-refractivity contribution is -0.224. The Morgan fingerprint density at radius 1 is 0.840 bits per heavy atom. The van der Waals surface area contributed by atoms with Crippen LogP contribution in [0.2, 0.25) is 0 Å². The van der Waals surface area contributed by atoms with E-state index >= 15 is 0 Å². The van der Waals surface area contributed by atoms with E-state index in [9.17, 15) is 5.11 Å². The summed E-state index contributed by atoms with van der Waals surface area (Å²) in [6.45, 7) is 6.94. The molecule has 2 aromatic carbocycles. The van der Waals surface area contributed by atoms with Crippen molar-refractivity contribution in [3.05, 3.63) is 71.3 Å². The van der Waals surface area contributed by atoms with Gasteiger partial charge in [0.2, 0.25) is 0 Å². The molecule has 0 spiro atoms. The predicted octanol–water partition coefficient (Wildman–Crippen LogP) is 4.66. The van der Waals surface area contributed by atoms with Crippen LogP contribution in [0.15, 0.2) is 54.6 Å². The Morgan fingerprint density at radius 2 is 1.40 bits per heavy atom. The van der Waals surface area contributed by atoms with Crippen molar-refractivity contribution >= 4 is 0 Å². The topological polar surface area (TPSA) is 38.7 Å². The van der Waals surface area contributed by atoms with Crippen LogP contribution < -0.4 is 0 Å². The maximum absolute atomic E-state index is 11.7. The Kier molecular flexibility index (Phi) is 7.63. The Morgan fingerprint density at radius 3 is 1.92 bits per heavy atom. The fraction of sp³-hybridized carbons (Fsp3) is 0.455. The van der Waals surface area contributed by atoms with Crippen LogP contribution in [0.4, 0.5) is 0 Å². The van der Waals surface area contributed by atoms with Gasteiger partial charge in [0.1, 0.15) is 0 Å². The Balaban J connectivity index is 2.43. The number of rotatable bonds is 10. The standard InChI is InChI=1S/C22H30O3/c1-4-7-11-18-14-16-20(17-15-18)22(23,19-12-9-8-10-13-19)21(24-5-2)25-6-3/h8-10,12-17,21,23H,4-7,11H2,1-3H3. The molecule has 0 heterocycles. The van der Waals surface area contributed by atoms with Crippen LogP contribution in [-0.4, -0.2) is 24.6 Å². The van der Waals surface area contributed by atoms with Gasteiger partial charge in [-0.05, 0) is 43.4 Å². The van der Waals surface area contributed by atoms with E-state index in [0.29, 0.717) is 13.2 Å². The second kappa shape index (κ2) is 9.71. The lowest BCUT2D eigenvalue weighted by Gasteiger charge is -2.36. The number of ether oxygens (including phenoxy) is 2. The van der Waals surface area contributed by atoms with Gasteiger partial charge in [0, 0.05) is 13.2 Å². The summed E-state index contributed by atoms with van der Waals surface area (Å²) >= 11 is 0. The summed E-state index contributed by atoms with van der Waals surface area (Å²) in [6.07, 6.45) is 2.64. The molecule has 0 aliphatic carbocycles. The molecular formula is C22H30O3. The molecule has 0 fully saturated rings. The molecule has 0 radical (unpaired) electrons. The highest BCUT2D eigenvalue weighted by Gasteiger charge is 2.42. The SMILES string of the molecule is CCCCc1ccc(C(O)(c2ccccc2)C(OCC)OCC)cc1. The molecule has 1 N–H and O–H groups in total. The van der Waals surface area contributed by atoms with Gasteiger partial charge in [-0.15, -0.1) is 0 Å². The van der Waals surface area contributed by atoms with Crippen molar-refractivity contribution in [2.75, 3.05) is 13.2 Å². The Hall–Kier alpha value is -1.68. The number of hydrogen-bond acceptors (Lipinski definition) is 3. The molecular weight excluding hydrogens is 312 g/mol. The zero-order valence-corrected chi connectivity index (χ0v) is 15.6. The molecule has 2 rings (SSSR count). The van der Waals surface area contributed by atoms with E-state index in [1.807, 2.05) is 56.3 Å². The lowest BCUT2D eigenvalue weighted by Crippen LogP contribution is -2.44. The van der Waals surface area contributed by atoms with Gasteiger partial charge in [0.15, 0.2) is 11.9 Å². The van der Waals surface area contributed by atoms with Gasteiger partial charge in [-0.3, -0.25) is 0 Å². The zero-order chi connectivity index (χ0) is 18.1. The monoisotopic (exact) mass is 342 g/mol. The van der Waals surface area contributed by atoms with Gasteiger partial charge in [-0.25, -0.2) is 0 Å². The van der Waals surface area contributed by atoms with Crippen LogP contribution in [0.25, 0.3) is 0 Å². The van der Waals surface area contributed by atoms with E-state index in [1.165, 1.54) is 18.4 Å². The summed E-state index contributed by atoms with van der Waals surface area (Å²) in [5.41, 5.74) is 1.48. The summed E-state index contributed by atoms with van der Waals surface area (Å²) in [4.78, 5) is 0. The fourth-order valence-corrected chi connectivity index (χ4v) is 3.03. The van der Waals surface area contributed by atoms with Gasteiger partial charge in [-0.1, -0.05) is 67.9 Å². The van der Waals surface area contributed by atoms with E-state index < -0.39 is 11.9 Å². The molecule has 136 valence electrons. The number of aliphatic hydroxyl groups is 1. The number of benzene rings is 2. The quantitative estimate of drug-likeness (QED) is 0.638. The first-order valence-electron chi connectivity index (χ1n) is 9.27. The molecule has 0 aromatic heterocycles. The number of unbranched alkanes of at least 4 members (excludes halogenated alkanes) is 1. The molecule has 2 aromatic rings. The van der Waals surface area contributed by atoms with E-state index in [2.05, 4.69) is 19.1 Å². The minimum absolute atomic E-state index is 0.467. The van der Waals surface area contributed by atoms with Crippen molar-refractivity contribution < 1.29 is 14.6 Å². The fourth-order valence-electron chi connectivity index (χ4n) is 3.03. The van der Waals surface area contributed by atoms with Gasteiger partial charge >= 0.3 is 0 Å². The van der Waals surface area contributed by atoms with Crippen LogP contribution in [0.3, 0.4) is 0 Å². The number of aryl methyl sites for hydroxylation is 1. The molecule has 3 nitrogen and oxygen atoms in total. The Bertz CT molecular complexity index is 603. The lowest BCUT2D eigenvalue weighted by atomic mass is 9.85. The molecule has 1 unspecified atom stereocenters. The highest BCUT2D eigenvalue weighted by Crippen LogP contribution is 2.35. The van der Waals surface area contributed by atoms with Crippen molar-refractivity contribution in [3.63, 3.8) is 0 Å². The first kappa shape index (κ1) is 19.6. The van der Waals surface area contributed by atoms with Crippen molar-refractivity contribution in [3.8, 4) is 0 Å². The molecule has 0 amide bonds. The van der Waals surface area contributed by atoms with E-state index in [0.717, 1.165) is 17.5 Å². The third-order valence-corrected chi connectivity index (χ3v) is 4.40. The Labute approximate surface area is 151 Å². The predicted molar refractivity (Wildman–Crippen MR) is 102 cm³/mol. The second-order valence-electron chi connectivity index (χ2n) is 6.18. The highest BCUT2D eigenvalue weighted by atomic mass is 16.7. The van der Waals surface area contributed by atoms with Crippen LogP contribution in [-0.2, 0) is 21.5 Å². The minimum Gasteiger partial charge on any atom is -0.375 e. The van der Waals surface area contributed by atoms with Crippen molar-refractivity contribution in [2.24, 2.45) is 0 Å². The largest absolute Gasteiger partial charge is 0.375 e. The normalized spacial score (nSPS) is 13.8. The maximum atomic E-state index is 11.7. The average molecular weight is 342 g/mol. The maximum Gasteiger partial charge on any atom is 0.194 e. The summed E-state index contributed by atoms with van der Waals surface area (Å²) in [5, 5.41) is 11.7. The van der Waals surface area contributed by atoms with Crippen LogP contribution in [0.1, 0.15) is 50.3 Å². The molecule has 0 aliphatic heterocycles. The summed E-state index contributed by atoms with van der Waals surface area (Å²) < 4.78 is 11.6.